The summed E-state index contributed by atoms with van der Waals surface area (Å²) in [6.07, 6.45) is 0. The number of benzene rings is 2. The van der Waals surface area contributed by atoms with Gasteiger partial charge in [-0.25, -0.2) is 0 Å². The van der Waals surface area contributed by atoms with Crippen LogP contribution in [0.15, 0.2) is 36.4 Å². The van der Waals surface area contributed by atoms with Gasteiger partial charge in [-0.05, 0) is 0 Å². The van der Waals surface area contributed by atoms with Crippen molar-refractivity contribution < 1.29 is 9.47 Å². The molecule has 0 atom stereocenters. The first-order valence-corrected chi connectivity index (χ1v) is 9.20. The first-order chi connectivity index (χ1) is 10.2. The average molecular weight is 400 g/mol. The number of hydrogen-bond donors (Lipinski definition) is 2. The second-order valence-electron chi connectivity index (χ2n) is 4.34. The quantitative estimate of drug-likeness (QED) is 0.567. The Bertz CT molecular complexity index is 617. The van der Waals surface area contributed by atoms with E-state index >= 15 is 0 Å². The molecule has 2 aromatic carbocycles. The van der Waals surface area contributed by atoms with Crippen molar-refractivity contribution in [1.82, 2.24) is 0 Å². The molecule has 0 unspecified atom stereocenters. The Labute approximate surface area is 135 Å². The topological polar surface area (TPSA) is 70.5 Å². The van der Waals surface area contributed by atoms with E-state index in [4.69, 9.17) is 20.9 Å². The average Bonchev–Trinajstić information content (AvgIpc) is 2.46. The number of anilines is 2. The maximum absolute atomic E-state index is 6.18. The summed E-state index contributed by atoms with van der Waals surface area (Å²) < 4.78 is 13.4. The standard InChI is InChI=1S/C16H20N2O2Te/c1-3-19-13-9-8-11(10-12(13)17)21-15-7-5-6-14(16(15)18)20-4-2/h5-10H,3-4,17-18H2,1-2H3. The predicted molar refractivity (Wildman–Crippen MR) is 89.1 cm³/mol. The molecule has 0 heterocycles. The predicted octanol–water partition coefficient (Wildman–Crippen LogP) is 1.30. The molecule has 21 heavy (non-hydrogen) atoms. The van der Waals surface area contributed by atoms with E-state index in [2.05, 4.69) is 12.1 Å². The molecule has 0 bridgehead atoms. The van der Waals surface area contributed by atoms with Gasteiger partial charge in [0.2, 0.25) is 0 Å². The molecule has 2 rings (SSSR count). The minimum absolute atomic E-state index is 0.603. The van der Waals surface area contributed by atoms with Crippen LogP contribution < -0.4 is 28.2 Å². The summed E-state index contributed by atoms with van der Waals surface area (Å²) in [7, 11) is 0. The Morgan fingerprint density at radius 1 is 0.952 bits per heavy atom. The van der Waals surface area contributed by atoms with Gasteiger partial charge in [0.05, 0.1) is 0 Å². The van der Waals surface area contributed by atoms with Crippen LogP contribution in [0.1, 0.15) is 13.8 Å². The fourth-order valence-electron chi connectivity index (χ4n) is 1.90. The molecule has 0 aliphatic heterocycles. The van der Waals surface area contributed by atoms with Gasteiger partial charge < -0.3 is 0 Å². The maximum atomic E-state index is 6.18. The van der Waals surface area contributed by atoms with E-state index in [0.29, 0.717) is 18.9 Å². The fourth-order valence-corrected chi connectivity index (χ4v) is 4.56. The molecule has 4 nitrogen and oxygen atoms in total. The van der Waals surface area contributed by atoms with Crippen LogP contribution in [0.25, 0.3) is 0 Å². The third kappa shape index (κ3) is 3.96. The van der Waals surface area contributed by atoms with Crippen LogP contribution in [-0.4, -0.2) is 34.1 Å². The van der Waals surface area contributed by atoms with E-state index in [0.717, 1.165) is 20.8 Å². The third-order valence-corrected chi connectivity index (χ3v) is 5.88. The van der Waals surface area contributed by atoms with E-state index in [-0.39, 0.29) is 0 Å². The van der Waals surface area contributed by atoms with Crippen molar-refractivity contribution in [2.45, 2.75) is 13.8 Å². The van der Waals surface area contributed by atoms with E-state index in [1.54, 1.807) is 0 Å². The SMILES string of the molecule is CCOc1ccc([Te]c2cccc(OCC)c2N)cc1N. The van der Waals surface area contributed by atoms with Crippen molar-refractivity contribution in [3.8, 4) is 11.5 Å². The van der Waals surface area contributed by atoms with E-state index in [9.17, 15) is 0 Å². The van der Waals surface area contributed by atoms with Gasteiger partial charge in [0.25, 0.3) is 0 Å². The van der Waals surface area contributed by atoms with Crippen LogP contribution in [0.5, 0.6) is 11.5 Å². The third-order valence-electron chi connectivity index (χ3n) is 2.83. The van der Waals surface area contributed by atoms with Gasteiger partial charge in [0.1, 0.15) is 0 Å². The Morgan fingerprint density at radius 2 is 1.67 bits per heavy atom. The molecule has 0 fully saturated rings. The molecule has 0 amide bonds. The Morgan fingerprint density at radius 3 is 2.33 bits per heavy atom. The zero-order valence-corrected chi connectivity index (χ0v) is 14.6. The molecular formula is C16H20N2O2Te. The molecule has 4 N–H and O–H groups in total. The van der Waals surface area contributed by atoms with Crippen LogP contribution in [0.2, 0.25) is 0 Å². The van der Waals surface area contributed by atoms with Crippen LogP contribution in [-0.2, 0) is 0 Å². The molecule has 0 radical (unpaired) electrons. The summed E-state index contributed by atoms with van der Waals surface area (Å²) in [4.78, 5) is 0. The Balaban J connectivity index is 2.22. The summed E-state index contributed by atoms with van der Waals surface area (Å²) in [6.45, 7) is 5.13. The monoisotopic (exact) mass is 402 g/mol. The number of ether oxygens (including phenoxy) is 2. The van der Waals surface area contributed by atoms with Crippen molar-refractivity contribution in [2.75, 3.05) is 24.7 Å². The molecule has 5 heteroatoms. The first kappa shape index (κ1) is 15.8. The molecule has 0 spiro atoms. The Kier molecular flexibility index (Phi) is 5.60. The summed E-state index contributed by atoms with van der Waals surface area (Å²) in [5, 5.41) is 0. The van der Waals surface area contributed by atoms with E-state index in [1.807, 2.05) is 38.1 Å². The summed E-state index contributed by atoms with van der Waals surface area (Å²) in [5.41, 5.74) is 13.6. The Hall–Kier alpha value is -1.57. The number of hydrogen-bond acceptors (Lipinski definition) is 4. The van der Waals surface area contributed by atoms with E-state index in [1.165, 1.54) is 3.61 Å². The second kappa shape index (κ2) is 7.44. The molecule has 0 aliphatic carbocycles. The first-order valence-electron chi connectivity index (χ1n) is 6.87. The second-order valence-corrected chi connectivity index (χ2v) is 7.52. The van der Waals surface area contributed by atoms with Crippen molar-refractivity contribution in [3.05, 3.63) is 36.4 Å². The fraction of sp³-hybridized carbons (Fsp3) is 0.250. The molecule has 0 saturated carbocycles. The number of nitrogens with two attached hydrogens (primary N) is 2. The van der Waals surface area contributed by atoms with Crippen LogP contribution in [0, 0.1) is 0 Å². The molecule has 2 aromatic rings. The van der Waals surface area contributed by atoms with Crippen LogP contribution in [0.3, 0.4) is 0 Å². The summed E-state index contributed by atoms with van der Waals surface area (Å²) in [6, 6.07) is 11.9. The van der Waals surface area contributed by atoms with Gasteiger partial charge in [-0.1, -0.05) is 0 Å². The van der Waals surface area contributed by atoms with Crippen LogP contribution in [0.4, 0.5) is 11.4 Å². The van der Waals surface area contributed by atoms with E-state index < -0.39 is 20.9 Å². The summed E-state index contributed by atoms with van der Waals surface area (Å²) >= 11 is -0.603. The zero-order chi connectivity index (χ0) is 15.2. The molecule has 0 aliphatic rings. The minimum atomic E-state index is -0.603. The van der Waals surface area contributed by atoms with Crippen molar-refractivity contribution in [1.29, 1.82) is 0 Å². The molecule has 0 aromatic heterocycles. The number of para-hydroxylation sites is 1. The van der Waals surface area contributed by atoms with Gasteiger partial charge in [0, 0.05) is 0 Å². The number of nitrogen functional groups attached to an aromatic ring is 2. The van der Waals surface area contributed by atoms with Gasteiger partial charge in [-0.3, -0.25) is 0 Å². The van der Waals surface area contributed by atoms with Crippen molar-refractivity contribution in [2.24, 2.45) is 0 Å². The van der Waals surface area contributed by atoms with Gasteiger partial charge in [0.15, 0.2) is 0 Å². The zero-order valence-electron chi connectivity index (χ0n) is 12.3. The van der Waals surface area contributed by atoms with Crippen molar-refractivity contribution in [3.63, 3.8) is 0 Å². The van der Waals surface area contributed by atoms with Crippen LogP contribution >= 0.6 is 0 Å². The molecular weight excluding hydrogens is 380 g/mol. The molecule has 112 valence electrons. The van der Waals surface area contributed by atoms with Gasteiger partial charge >= 0.3 is 135 Å². The van der Waals surface area contributed by atoms with Gasteiger partial charge in [-0.15, -0.1) is 0 Å². The van der Waals surface area contributed by atoms with Crippen molar-refractivity contribution >= 4 is 39.5 Å². The number of rotatable bonds is 6. The normalized spacial score (nSPS) is 10.4. The molecule has 0 saturated heterocycles. The summed E-state index contributed by atoms with van der Waals surface area (Å²) in [5.74, 6) is 1.50. The van der Waals surface area contributed by atoms with Gasteiger partial charge in [-0.2, -0.15) is 0 Å².